The zero-order valence-electron chi connectivity index (χ0n) is 11.0. The monoisotopic (exact) mass is 235 g/mol. The molecular weight excluding hydrogens is 213 g/mol. The molecule has 1 nitrogen and oxygen atoms in total. The molecule has 2 rings (SSSR count). The van der Waals surface area contributed by atoms with E-state index >= 15 is 0 Å². The zero-order valence-corrected chi connectivity index (χ0v) is 11.0. The Labute approximate surface area is 103 Å². The standard InChI is InChI=1S/C15H22FN/c1-15(2,3)17-10-14(11-7-8-11)12-5-4-6-13(16)9-12/h4-6,9,11,14,17H,7-8,10H2,1-3H3. The van der Waals surface area contributed by atoms with E-state index in [9.17, 15) is 4.39 Å². The SMILES string of the molecule is CC(C)(C)NCC(c1cccc(F)c1)C1CC1. The van der Waals surface area contributed by atoms with Gasteiger partial charge in [-0.05, 0) is 63.1 Å². The molecule has 1 aliphatic rings. The summed E-state index contributed by atoms with van der Waals surface area (Å²) in [4.78, 5) is 0. The van der Waals surface area contributed by atoms with Crippen molar-refractivity contribution >= 4 is 0 Å². The van der Waals surface area contributed by atoms with Gasteiger partial charge in [0.15, 0.2) is 0 Å². The molecule has 1 unspecified atom stereocenters. The molecule has 0 saturated heterocycles. The van der Waals surface area contributed by atoms with Crippen molar-refractivity contribution in [3.05, 3.63) is 35.6 Å². The number of rotatable bonds is 4. The Morgan fingerprint density at radius 2 is 2.06 bits per heavy atom. The Hall–Kier alpha value is -0.890. The molecule has 0 spiro atoms. The van der Waals surface area contributed by atoms with Crippen LogP contribution in [0.2, 0.25) is 0 Å². The van der Waals surface area contributed by atoms with Gasteiger partial charge in [0.2, 0.25) is 0 Å². The van der Waals surface area contributed by atoms with Crippen molar-refractivity contribution in [3.63, 3.8) is 0 Å². The first-order valence-corrected chi connectivity index (χ1v) is 6.46. The van der Waals surface area contributed by atoms with E-state index in [0.717, 1.165) is 18.0 Å². The van der Waals surface area contributed by atoms with Crippen LogP contribution >= 0.6 is 0 Å². The number of hydrogen-bond acceptors (Lipinski definition) is 1. The lowest BCUT2D eigenvalue weighted by Crippen LogP contribution is -2.39. The summed E-state index contributed by atoms with van der Waals surface area (Å²) in [5, 5.41) is 3.54. The molecule has 2 heteroatoms. The maximum absolute atomic E-state index is 13.3. The minimum absolute atomic E-state index is 0.121. The van der Waals surface area contributed by atoms with Gasteiger partial charge in [0, 0.05) is 12.1 Å². The van der Waals surface area contributed by atoms with Crippen LogP contribution in [0.15, 0.2) is 24.3 Å². The highest BCUT2D eigenvalue weighted by Gasteiger charge is 2.32. The van der Waals surface area contributed by atoms with Crippen LogP contribution in [-0.4, -0.2) is 12.1 Å². The third-order valence-corrected chi connectivity index (χ3v) is 3.32. The van der Waals surface area contributed by atoms with Gasteiger partial charge in [-0.15, -0.1) is 0 Å². The molecule has 0 aromatic heterocycles. The van der Waals surface area contributed by atoms with Crippen molar-refractivity contribution < 1.29 is 4.39 Å². The predicted molar refractivity (Wildman–Crippen MR) is 69.6 cm³/mol. The molecule has 0 bridgehead atoms. The van der Waals surface area contributed by atoms with E-state index in [2.05, 4.69) is 32.2 Å². The van der Waals surface area contributed by atoms with Crippen LogP contribution in [-0.2, 0) is 0 Å². The van der Waals surface area contributed by atoms with Gasteiger partial charge in [-0.2, -0.15) is 0 Å². The summed E-state index contributed by atoms with van der Waals surface area (Å²) in [7, 11) is 0. The molecular formula is C15H22FN. The number of nitrogens with one attached hydrogen (secondary N) is 1. The van der Waals surface area contributed by atoms with Gasteiger partial charge in [0.05, 0.1) is 0 Å². The molecule has 0 radical (unpaired) electrons. The molecule has 1 N–H and O–H groups in total. The van der Waals surface area contributed by atoms with E-state index in [-0.39, 0.29) is 11.4 Å². The van der Waals surface area contributed by atoms with Crippen molar-refractivity contribution in [2.75, 3.05) is 6.54 Å². The van der Waals surface area contributed by atoms with Gasteiger partial charge >= 0.3 is 0 Å². The first-order chi connectivity index (χ1) is 7.96. The largest absolute Gasteiger partial charge is 0.311 e. The first-order valence-electron chi connectivity index (χ1n) is 6.46. The van der Waals surface area contributed by atoms with E-state index in [1.165, 1.54) is 18.9 Å². The van der Waals surface area contributed by atoms with E-state index in [0.29, 0.717) is 5.92 Å². The molecule has 94 valence electrons. The normalized spacial score (nSPS) is 18.1. The Morgan fingerprint density at radius 3 is 2.59 bits per heavy atom. The van der Waals surface area contributed by atoms with Gasteiger partial charge < -0.3 is 5.32 Å². The molecule has 0 aliphatic heterocycles. The number of hydrogen-bond donors (Lipinski definition) is 1. The van der Waals surface area contributed by atoms with Crippen LogP contribution in [0.25, 0.3) is 0 Å². The lowest BCUT2D eigenvalue weighted by Gasteiger charge is -2.25. The van der Waals surface area contributed by atoms with Gasteiger partial charge in [-0.1, -0.05) is 12.1 Å². The second-order valence-corrected chi connectivity index (χ2v) is 6.13. The van der Waals surface area contributed by atoms with Gasteiger partial charge in [-0.25, -0.2) is 4.39 Å². The van der Waals surface area contributed by atoms with E-state index < -0.39 is 0 Å². The van der Waals surface area contributed by atoms with Crippen molar-refractivity contribution in [1.29, 1.82) is 0 Å². The Morgan fingerprint density at radius 1 is 1.35 bits per heavy atom. The summed E-state index contributed by atoms with van der Waals surface area (Å²) in [5.41, 5.74) is 1.27. The van der Waals surface area contributed by atoms with Crippen LogP contribution in [0.3, 0.4) is 0 Å². The summed E-state index contributed by atoms with van der Waals surface area (Å²) in [5.74, 6) is 1.08. The highest BCUT2D eigenvalue weighted by atomic mass is 19.1. The number of halogens is 1. The highest BCUT2D eigenvalue weighted by molar-refractivity contribution is 5.23. The topological polar surface area (TPSA) is 12.0 Å². The van der Waals surface area contributed by atoms with E-state index in [1.807, 2.05) is 6.07 Å². The highest BCUT2D eigenvalue weighted by Crippen LogP contribution is 2.42. The zero-order chi connectivity index (χ0) is 12.5. The van der Waals surface area contributed by atoms with Crippen LogP contribution in [0.4, 0.5) is 4.39 Å². The van der Waals surface area contributed by atoms with Crippen LogP contribution in [0.5, 0.6) is 0 Å². The molecule has 1 saturated carbocycles. The molecule has 1 aromatic rings. The lowest BCUT2D eigenvalue weighted by molar-refractivity contribution is 0.393. The van der Waals surface area contributed by atoms with Crippen LogP contribution in [0, 0.1) is 11.7 Å². The third kappa shape index (κ3) is 3.81. The minimum atomic E-state index is -0.121. The summed E-state index contributed by atoms with van der Waals surface area (Å²) >= 11 is 0. The smallest absolute Gasteiger partial charge is 0.123 e. The molecule has 1 aliphatic carbocycles. The lowest BCUT2D eigenvalue weighted by atomic mass is 9.93. The fraction of sp³-hybridized carbons (Fsp3) is 0.600. The van der Waals surface area contributed by atoms with Crippen LogP contribution in [0.1, 0.15) is 45.1 Å². The average molecular weight is 235 g/mol. The second-order valence-electron chi connectivity index (χ2n) is 6.13. The van der Waals surface area contributed by atoms with Gasteiger partial charge in [0.1, 0.15) is 5.82 Å². The molecule has 1 fully saturated rings. The van der Waals surface area contributed by atoms with Crippen molar-refractivity contribution in [2.45, 2.75) is 45.1 Å². The maximum atomic E-state index is 13.3. The predicted octanol–water partition coefficient (Wildman–Crippen LogP) is 3.71. The summed E-state index contributed by atoms with van der Waals surface area (Å²) in [6, 6.07) is 7.07. The van der Waals surface area contributed by atoms with Crippen molar-refractivity contribution in [3.8, 4) is 0 Å². The molecule has 1 aromatic carbocycles. The second kappa shape index (κ2) is 4.77. The van der Waals surface area contributed by atoms with Crippen LogP contribution < -0.4 is 5.32 Å². The maximum Gasteiger partial charge on any atom is 0.123 e. The summed E-state index contributed by atoms with van der Waals surface area (Å²) in [6.45, 7) is 7.45. The van der Waals surface area contributed by atoms with E-state index in [1.54, 1.807) is 6.07 Å². The summed E-state index contributed by atoms with van der Waals surface area (Å²) in [6.07, 6.45) is 2.57. The molecule has 17 heavy (non-hydrogen) atoms. The fourth-order valence-electron chi connectivity index (χ4n) is 2.21. The third-order valence-electron chi connectivity index (χ3n) is 3.32. The van der Waals surface area contributed by atoms with E-state index in [4.69, 9.17) is 0 Å². The fourth-order valence-corrected chi connectivity index (χ4v) is 2.21. The van der Waals surface area contributed by atoms with Gasteiger partial charge in [0.25, 0.3) is 0 Å². The Balaban J connectivity index is 2.07. The van der Waals surface area contributed by atoms with Crippen molar-refractivity contribution in [2.24, 2.45) is 5.92 Å². The quantitative estimate of drug-likeness (QED) is 0.839. The molecule has 0 amide bonds. The minimum Gasteiger partial charge on any atom is -0.311 e. The molecule has 0 heterocycles. The Kier molecular flexibility index (Phi) is 3.53. The average Bonchev–Trinajstić information content (AvgIpc) is 3.00. The number of benzene rings is 1. The van der Waals surface area contributed by atoms with Gasteiger partial charge in [-0.3, -0.25) is 0 Å². The summed E-state index contributed by atoms with van der Waals surface area (Å²) < 4.78 is 13.3. The Bertz CT molecular complexity index is 377. The molecule has 1 atom stereocenters. The first kappa shape index (κ1) is 12.6. The van der Waals surface area contributed by atoms with Crippen molar-refractivity contribution in [1.82, 2.24) is 5.32 Å².